The Morgan fingerprint density at radius 3 is 0.988 bits per heavy atom. The zero-order valence-electron chi connectivity index (χ0n) is 47.1. The minimum Gasteiger partial charge on any atom is -0.481 e. The van der Waals surface area contributed by atoms with Crippen LogP contribution in [-0.2, 0) is 28.7 Å². The van der Waals surface area contributed by atoms with Crippen LogP contribution in [0.3, 0.4) is 0 Å². The Hall–Kier alpha value is -6.43. The highest BCUT2D eigenvalue weighted by atomic mass is 79.9. The van der Waals surface area contributed by atoms with Crippen LogP contribution in [0.2, 0.25) is 0 Å². The van der Waals surface area contributed by atoms with Crippen LogP contribution < -0.4 is 52.8 Å². The Kier molecular flexibility index (Phi) is 33.1. The third kappa shape index (κ3) is 25.1. The van der Waals surface area contributed by atoms with Crippen molar-refractivity contribution in [2.45, 2.75) is 26.3 Å². The summed E-state index contributed by atoms with van der Waals surface area (Å²) in [6.45, 7) is 4.52. The summed E-state index contributed by atoms with van der Waals surface area (Å²) in [5.41, 5.74) is 0. The summed E-state index contributed by atoms with van der Waals surface area (Å²) >= 11 is 4.71. The van der Waals surface area contributed by atoms with E-state index in [1.165, 1.54) is 37.1 Å². The summed E-state index contributed by atoms with van der Waals surface area (Å²) in [4.78, 5) is 44.3. The molecule has 8 nitrogen and oxygen atoms in total. The van der Waals surface area contributed by atoms with Gasteiger partial charge in [-0.25, -0.2) is 0 Å². The van der Waals surface area contributed by atoms with Crippen LogP contribution in [0.4, 0.5) is 0 Å². The van der Waals surface area contributed by atoms with Gasteiger partial charge < -0.3 is 19.4 Å². The summed E-state index contributed by atoms with van der Waals surface area (Å²) < 4.78 is 9.60. The summed E-state index contributed by atoms with van der Waals surface area (Å²) in [7, 11) is -2.62. The second kappa shape index (κ2) is 40.7. The van der Waals surface area contributed by atoms with E-state index in [1.807, 2.05) is 140 Å². The first-order valence-corrected chi connectivity index (χ1v) is 35.3. The summed E-state index contributed by atoms with van der Waals surface area (Å²) in [5, 5.41) is 24.2. The van der Waals surface area contributed by atoms with E-state index in [9.17, 15) is 19.2 Å². The molecule has 9 aromatic carbocycles. The van der Waals surface area contributed by atoms with Crippen molar-refractivity contribution < 1.29 is 33.8 Å². The maximum Gasteiger partial charge on any atom is 0.316 e. The molecule has 1 atom stereocenters. The minimum absolute atomic E-state index is 0.0935. The van der Waals surface area contributed by atoms with E-state index in [0.29, 0.717) is 24.7 Å². The Morgan fingerprint density at radius 2 is 0.735 bits per heavy atom. The predicted octanol–water partition coefficient (Wildman–Crippen LogP) is 12.2. The number of thioether (sulfide) groups is 1. The molecular weight excluding hydrogens is 1190 g/mol. The van der Waals surface area contributed by atoms with Crippen LogP contribution in [0.1, 0.15) is 20.3 Å². The standard InChI is InChI=1S/C18H15P.C17H20NOPS.C16H17O2P.C14H13O2P.C4H7BrO2/c1-4-10-16(11-5-1)19(17-12-6-2-7-13-17)18-14-8-3-9-15-18;1-21-13-12-15(14-19)18-20(16-8-4-2-5-9-16)17-10-6-3-7-11-17;1-2-18-16(17)13-19(14-9-5-3-6-10-14)15-11-7-4-8-12-15;15-14(16)11-17(12-7-3-1-4-8-12)13-9-5-2-6-10-13;1-2-7-4(6)3-5/h1-15H;2-11,14-15,18H,12-13H2,1H3;3-12H,2,13H2,1H3;1-10H,11H2,(H,15,16);2-3H2,1H3/t;15-;;;/m.1.../s1. The van der Waals surface area contributed by atoms with E-state index >= 15 is 0 Å². The first kappa shape index (κ1) is 67.4. The van der Waals surface area contributed by atoms with E-state index in [2.05, 4.69) is 172 Å². The molecule has 83 heavy (non-hydrogen) atoms. The first-order valence-electron chi connectivity index (χ1n) is 27.1. The number of carbonyl (C=O) groups excluding carboxylic acids is 3. The quantitative estimate of drug-likeness (QED) is 0.0296. The highest BCUT2D eigenvalue weighted by Crippen LogP contribution is 2.35. The SMILES string of the molecule is CCOC(=O)CBr.CCOC(=O)CP(c1ccccc1)c1ccccc1.CSCC[C@H](C=O)NP(c1ccccc1)c1ccccc1.O=C(O)CP(c1ccccc1)c1ccccc1.c1ccc(P(c2ccccc2)c2ccccc2)cc1. The van der Waals surface area contributed by atoms with Gasteiger partial charge in [-0.2, -0.15) is 11.8 Å². The fraction of sp³-hybridized carbons (Fsp3) is 0.159. The molecule has 9 aromatic rings. The van der Waals surface area contributed by atoms with Gasteiger partial charge in [-0.05, 0) is 104 Å². The Bertz CT molecular complexity index is 2940. The topological polar surface area (TPSA) is 119 Å². The van der Waals surface area contributed by atoms with Crippen molar-refractivity contribution in [2.24, 2.45) is 0 Å². The fourth-order valence-electron chi connectivity index (χ4n) is 7.97. The van der Waals surface area contributed by atoms with Gasteiger partial charge in [0.05, 0.1) is 31.6 Å². The Morgan fingerprint density at radius 1 is 0.458 bits per heavy atom. The number of aliphatic carboxylic acids is 1. The van der Waals surface area contributed by atoms with Crippen molar-refractivity contribution in [3.05, 3.63) is 273 Å². The number of hydrogen-bond donors (Lipinski definition) is 2. The number of nitrogens with one attached hydrogen (secondary N) is 1. The molecule has 0 aliphatic heterocycles. The lowest BCUT2D eigenvalue weighted by molar-refractivity contribution is -0.140. The molecular formula is C69H72BrNO7P4S. The van der Waals surface area contributed by atoms with Gasteiger partial charge in [0.1, 0.15) is 11.6 Å². The number of esters is 2. The van der Waals surface area contributed by atoms with Crippen molar-refractivity contribution in [3.8, 4) is 0 Å². The zero-order valence-corrected chi connectivity index (χ0v) is 53.0. The Balaban J connectivity index is 0.000000195. The third-order valence-corrected chi connectivity index (χ3v) is 22.3. The van der Waals surface area contributed by atoms with E-state index in [0.717, 1.165) is 29.1 Å². The van der Waals surface area contributed by atoms with Gasteiger partial charge in [0, 0.05) is 8.07 Å². The maximum absolute atomic E-state index is 11.8. The van der Waals surface area contributed by atoms with Crippen LogP contribution >= 0.6 is 59.5 Å². The third-order valence-electron chi connectivity index (χ3n) is 11.7. The smallest absolute Gasteiger partial charge is 0.316 e. The number of aldehydes is 1. The monoisotopic (exact) mass is 1260 g/mol. The molecule has 0 bridgehead atoms. The molecule has 0 unspecified atom stereocenters. The number of carbonyl (C=O) groups is 4. The van der Waals surface area contributed by atoms with Crippen molar-refractivity contribution in [3.63, 3.8) is 0 Å². The van der Waals surface area contributed by atoms with Gasteiger partial charge >= 0.3 is 17.9 Å². The second-order valence-electron chi connectivity index (χ2n) is 17.7. The highest BCUT2D eigenvalue weighted by molar-refractivity contribution is 9.09. The normalized spacial score (nSPS) is 10.7. The first-order chi connectivity index (χ1) is 40.7. The number of alkyl halides is 1. The van der Waals surface area contributed by atoms with Gasteiger partial charge in [-0.3, -0.25) is 19.5 Å². The van der Waals surface area contributed by atoms with Crippen molar-refractivity contribution in [1.82, 2.24) is 5.09 Å². The minimum atomic E-state index is -0.790. The van der Waals surface area contributed by atoms with E-state index in [4.69, 9.17) is 9.84 Å². The number of hydrogen-bond acceptors (Lipinski definition) is 8. The van der Waals surface area contributed by atoms with E-state index in [1.54, 1.807) is 18.7 Å². The van der Waals surface area contributed by atoms with E-state index < -0.39 is 37.8 Å². The molecule has 0 aliphatic rings. The predicted molar refractivity (Wildman–Crippen MR) is 363 cm³/mol. The van der Waals surface area contributed by atoms with Crippen molar-refractivity contribution >= 4 is 131 Å². The number of carboxylic acid groups (broad SMARTS) is 1. The summed E-state index contributed by atoms with van der Waals surface area (Å²) in [6, 6.07) is 93.1. The Labute approximate surface area is 509 Å². The summed E-state index contributed by atoms with van der Waals surface area (Å²) in [5.74, 6) is -0.0870. The lowest BCUT2D eigenvalue weighted by atomic mass is 10.3. The number of rotatable bonds is 22. The molecule has 428 valence electrons. The molecule has 0 amide bonds. The van der Waals surface area contributed by atoms with Gasteiger partial charge in [0.15, 0.2) is 0 Å². The largest absolute Gasteiger partial charge is 0.481 e. The number of benzene rings is 9. The number of halogens is 1. The van der Waals surface area contributed by atoms with Crippen LogP contribution in [-0.4, -0.2) is 78.2 Å². The van der Waals surface area contributed by atoms with Gasteiger partial charge in [0.25, 0.3) is 0 Å². The number of ether oxygens (including phenoxy) is 2. The van der Waals surface area contributed by atoms with Crippen molar-refractivity contribution in [1.29, 1.82) is 0 Å². The van der Waals surface area contributed by atoms with Gasteiger partial charge in [0.2, 0.25) is 0 Å². The molecule has 0 aromatic heterocycles. The molecule has 2 N–H and O–H groups in total. The molecule has 0 fully saturated rings. The molecule has 0 heterocycles. The molecule has 9 rings (SSSR count). The molecule has 0 spiro atoms. The van der Waals surface area contributed by atoms with E-state index in [-0.39, 0.29) is 24.1 Å². The molecule has 0 aliphatic carbocycles. The van der Waals surface area contributed by atoms with Crippen LogP contribution in [0.25, 0.3) is 0 Å². The van der Waals surface area contributed by atoms with Crippen LogP contribution in [0.5, 0.6) is 0 Å². The molecule has 0 saturated heterocycles. The maximum atomic E-state index is 11.8. The van der Waals surface area contributed by atoms with Crippen molar-refractivity contribution in [2.75, 3.05) is 42.9 Å². The van der Waals surface area contributed by atoms with Crippen LogP contribution in [0, 0.1) is 0 Å². The molecule has 0 saturated carbocycles. The zero-order chi connectivity index (χ0) is 59.1. The lowest BCUT2D eigenvalue weighted by Crippen LogP contribution is -2.33. The second-order valence-corrected chi connectivity index (χ2v) is 27.8. The van der Waals surface area contributed by atoms with Crippen LogP contribution in [0.15, 0.2) is 273 Å². The fourth-order valence-corrected chi connectivity index (χ4v) is 17.1. The number of carboxylic acids is 1. The average molecular weight is 1260 g/mol. The van der Waals surface area contributed by atoms with Gasteiger partial charge in [-0.15, -0.1) is 0 Å². The molecule has 14 heteroatoms. The summed E-state index contributed by atoms with van der Waals surface area (Å²) in [6.07, 6.45) is 4.60. The van der Waals surface area contributed by atoms with Gasteiger partial charge in [-0.1, -0.05) is 289 Å². The highest BCUT2D eigenvalue weighted by Gasteiger charge is 2.21. The lowest BCUT2D eigenvalue weighted by Gasteiger charge is -2.23. The average Bonchev–Trinajstić information content (AvgIpc) is 3.60. The molecule has 0 radical (unpaired) electrons.